The number of hydrazine groups is 1. The number of hydrogen-bond donors (Lipinski definition) is 2. The van der Waals surface area contributed by atoms with Gasteiger partial charge in [-0.25, -0.2) is 0 Å². The molecule has 0 unspecified atom stereocenters. The Morgan fingerprint density at radius 1 is 1.12 bits per heavy atom. The lowest BCUT2D eigenvalue weighted by molar-refractivity contribution is 0.530. The minimum atomic E-state index is 0.900. The van der Waals surface area contributed by atoms with Gasteiger partial charge in [-0.15, -0.1) is 0 Å². The molecule has 2 nitrogen and oxygen atoms in total. The summed E-state index contributed by atoms with van der Waals surface area (Å²) in [5.41, 5.74) is 6.26. The maximum absolute atomic E-state index is 3.13. The summed E-state index contributed by atoms with van der Waals surface area (Å²) in [7, 11) is 0. The van der Waals surface area contributed by atoms with E-state index in [2.05, 4.69) is 17.8 Å². The smallest absolute Gasteiger partial charge is 0.0102 e. The van der Waals surface area contributed by atoms with E-state index in [1.807, 2.05) is 0 Å². The van der Waals surface area contributed by atoms with Crippen molar-refractivity contribution in [1.82, 2.24) is 10.9 Å². The SMILES string of the molecule is CC1CCNNCC1. The van der Waals surface area contributed by atoms with E-state index in [1.54, 1.807) is 0 Å². The Bertz CT molecular complexity index is 55.5. The van der Waals surface area contributed by atoms with Gasteiger partial charge in [-0.05, 0) is 18.8 Å². The van der Waals surface area contributed by atoms with Crippen LogP contribution in [0.4, 0.5) is 0 Å². The van der Waals surface area contributed by atoms with Gasteiger partial charge in [-0.3, -0.25) is 10.9 Å². The molecule has 0 aromatic rings. The molecule has 1 heterocycles. The maximum atomic E-state index is 3.13. The van der Waals surface area contributed by atoms with Gasteiger partial charge in [0.15, 0.2) is 0 Å². The molecule has 2 heteroatoms. The van der Waals surface area contributed by atoms with Crippen LogP contribution in [0.15, 0.2) is 0 Å². The van der Waals surface area contributed by atoms with Crippen molar-refractivity contribution in [3.05, 3.63) is 0 Å². The zero-order chi connectivity index (χ0) is 5.82. The molecule has 0 saturated carbocycles. The Morgan fingerprint density at radius 3 is 2.12 bits per heavy atom. The summed E-state index contributed by atoms with van der Waals surface area (Å²) in [5.74, 6) is 0.900. The Balaban J connectivity index is 2.17. The van der Waals surface area contributed by atoms with Crippen LogP contribution in [0.25, 0.3) is 0 Å². The molecule has 0 bridgehead atoms. The molecule has 1 saturated heterocycles. The van der Waals surface area contributed by atoms with E-state index in [1.165, 1.54) is 12.8 Å². The molecule has 2 N–H and O–H groups in total. The second-order valence-corrected chi connectivity index (χ2v) is 2.54. The van der Waals surface area contributed by atoms with Crippen molar-refractivity contribution in [1.29, 1.82) is 0 Å². The first kappa shape index (κ1) is 6.05. The zero-order valence-corrected chi connectivity index (χ0v) is 5.41. The number of rotatable bonds is 0. The highest BCUT2D eigenvalue weighted by Crippen LogP contribution is 2.05. The Morgan fingerprint density at radius 2 is 1.62 bits per heavy atom. The third kappa shape index (κ3) is 1.80. The molecule has 0 amide bonds. The Kier molecular flexibility index (Phi) is 2.30. The summed E-state index contributed by atoms with van der Waals surface area (Å²) in [4.78, 5) is 0. The van der Waals surface area contributed by atoms with E-state index < -0.39 is 0 Å². The fourth-order valence-electron chi connectivity index (χ4n) is 0.958. The maximum Gasteiger partial charge on any atom is 0.0102 e. The fraction of sp³-hybridized carbons (Fsp3) is 1.00. The average Bonchev–Trinajstić information content (AvgIpc) is 1.94. The van der Waals surface area contributed by atoms with Gasteiger partial charge in [-0.1, -0.05) is 6.92 Å². The van der Waals surface area contributed by atoms with E-state index in [0.29, 0.717) is 0 Å². The van der Waals surface area contributed by atoms with E-state index >= 15 is 0 Å². The summed E-state index contributed by atoms with van der Waals surface area (Å²) in [6.07, 6.45) is 2.62. The third-order valence-electron chi connectivity index (χ3n) is 1.65. The molecule has 0 aromatic heterocycles. The Hall–Kier alpha value is -0.0800. The lowest BCUT2D eigenvalue weighted by Crippen LogP contribution is -2.30. The van der Waals surface area contributed by atoms with Crippen molar-refractivity contribution in [3.63, 3.8) is 0 Å². The van der Waals surface area contributed by atoms with Crippen molar-refractivity contribution in [3.8, 4) is 0 Å². The first-order valence-corrected chi connectivity index (χ1v) is 3.35. The molecule has 8 heavy (non-hydrogen) atoms. The molecule has 48 valence electrons. The van der Waals surface area contributed by atoms with Crippen molar-refractivity contribution >= 4 is 0 Å². The molecule has 1 aliphatic heterocycles. The number of nitrogens with one attached hydrogen (secondary N) is 2. The summed E-state index contributed by atoms with van der Waals surface area (Å²) in [6.45, 7) is 4.55. The predicted octanol–water partition coefficient (Wildman–Crippen LogP) is 0.511. The van der Waals surface area contributed by atoms with Crippen LogP contribution in [0, 0.1) is 5.92 Å². The molecule has 0 radical (unpaired) electrons. The van der Waals surface area contributed by atoms with Crippen LogP contribution in [0.5, 0.6) is 0 Å². The van der Waals surface area contributed by atoms with E-state index in [0.717, 1.165) is 19.0 Å². The first-order valence-electron chi connectivity index (χ1n) is 3.35. The van der Waals surface area contributed by atoms with Gasteiger partial charge in [0, 0.05) is 13.1 Å². The highest BCUT2D eigenvalue weighted by Gasteiger charge is 2.03. The standard InChI is InChI=1S/C6H14N2/c1-6-2-4-7-8-5-3-6/h6-8H,2-5H2,1H3. The van der Waals surface area contributed by atoms with Crippen LogP contribution >= 0.6 is 0 Å². The second kappa shape index (κ2) is 3.05. The highest BCUT2D eigenvalue weighted by atomic mass is 15.3. The summed E-state index contributed by atoms with van der Waals surface area (Å²) in [6, 6.07) is 0. The molecule has 0 spiro atoms. The minimum Gasteiger partial charge on any atom is -0.258 e. The first-order chi connectivity index (χ1) is 3.89. The molecular formula is C6H14N2. The van der Waals surface area contributed by atoms with Gasteiger partial charge >= 0.3 is 0 Å². The lowest BCUT2D eigenvalue weighted by Gasteiger charge is -2.01. The van der Waals surface area contributed by atoms with Crippen molar-refractivity contribution in [2.45, 2.75) is 19.8 Å². The van der Waals surface area contributed by atoms with Crippen LogP contribution in [0.3, 0.4) is 0 Å². The molecule has 0 aliphatic carbocycles. The molecular weight excluding hydrogens is 100 g/mol. The lowest BCUT2D eigenvalue weighted by atomic mass is 10.1. The van der Waals surface area contributed by atoms with Crippen LogP contribution in [-0.4, -0.2) is 13.1 Å². The monoisotopic (exact) mass is 114 g/mol. The van der Waals surface area contributed by atoms with E-state index in [4.69, 9.17) is 0 Å². The van der Waals surface area contributed by atoms with Gasteiger partial charge in [0.2, 0.25) is 0 Å². The minimum absolute atomic E-state index is 0.900. The van der Waals surface area contributed by atoms with Gasteiger partial charge in [0.25, 0.3) is 0 Å². The topological polar surface area (TPSA) is 24.1 Å². The van der Waals surface area contributed by atoms with Gasteiger partial charge in [-0.2, -0.15) is 0 Å². The predicted molar refractivity (Wildman–Crippen MR) is 34.4 cm³/mol. The summed E-state index contributed by atoms with van der Waals surface area (Å²) < 4.78 is 0. The van der Waals surface area contributed by atoms with Crippen LogP contribution in [-0.2, 0) is 0 Å². The summed E-state index contributed by atoms with van der Waals surface area (Å²) >= 11 is 0. The van der Waals surface area contributed by atoms with Crippen LogP contribution in [0.1, 0.15) is 19.8 Å². The normalized spacial score (nSPS) is 25.1. The van der Waals surface area contributed by atoms with Gasteiger partial charge in [0.05, 0.1) is 0 Å². The largest absolute Gasteiger partial charge is 0.258 e. The molecule has 1 rings (SSSR count). The Labute approximate surface area is 50.6 Å². The quantitative estimate of drug-likeness (QED) is 0.479. The molecule has 0 aromatic carbocycles. The second-order valence-electron chi connectivity index (χ2n) is 2.54. The van der Waals surface area contributed by atoms with Crippen molar-refractivity contribution in [2.24, 2.45) is 5.92 Å². The van der Waals surface area contributed by atoms with E-state index in [9.17, 15) is 0 Å². The number of hydrogen-bond acceptors (Lipinski definition) is 2. The molecule has 0 atom stereocenters. The summed E-state index contributed by atoms with van der Waals surface area (Å²) in [5, 5.41) is 0. The van der Waals surface area contributed by atoms with Crippen molar-refractivity contribution < 1.29 is 0 Å². The molecule has 1 fully saturated rings. The fourth-order valence-corrected chi connectivity index (χ4v) is 0.958. The van der Waals surface area contributed by atoms with Gasteiger partial charge < -0.3 is 0 Å². The molecule has 1 aliphatic rings. The van der Waals surface area contributed by atoms with Crippen LogP contribution in [0.2, 0.25) is 0 Å². The van der Waals surface area contributed by atoms with E-state index in [-0.39, 0.29) is 0 Å². The highest BCUT2D eigenvalue weighted by molar-refractivity contribution is 4.59. The van der Waals surface area contributed by atoms with Crippen LogP contribution < -0.4 is 10.9 Å². The third-order valence-corrected chi connectivity index (χ3v) is 1.65. The zero-order valence-electron chi connectivity index (χ0n) is 5.41. The average molecular weight is 114 g/mol. The van der Waals surface area contributed by atoms with Crippen molar-refractivity contribution in [2.75, 3.05) is 13.1 Å². The van der Waals surface area contributed by atoms with Gasteiger partial charge in [0.1, 0.15) is 0 Å².